The number of hydrogen-bond acceptors (Lipinski definition) is 4. The average Bonchev–Trinajstić information content (AvgIpc) is 2.69. The van der Waals surface area contributed by atoms with E-state index in [4.69, 9.17) is 4.74 Å². The molecule has 1 aliphatic rings. The fraction of sp³-hybridized carbons (Fsp3) is 0.350. The summed E-state index contributed by atoms with van der Waals surface area (Å²) in [5.41, 5.74) is 1.52. The Kier molecular flexibility index (Phi) is 6.42. The molecule has 1 saturated heterocycles. The van der Waals surface area contributed by atoms with E-state index in [9.17, 15) is 13.2 Å². The monoisotopic (exact) mass is 466 g/mol. The van der Waals surface area contributed by atoms with Gasteiger partial charge >= 0.3 is 0 Å². The minimum Gasteiger partial charge on any atom is -0.495 e. The summed E-state index contributed by atoms with van der Waals surface area (Å²) in [7, 11) is -2.30. The van der Waals surface area contributed by atoms with Crippen LogP contribution in [0.4, 0.5) is 5.69 Å². The van der Waals surface area contributed by atoms with E-state index in [-0.39, 0.29) is 17.3 Å². The number of hydrogen-bond donors (Lipinski definition) is 1. The van der Waals surface area contributed by atoms with Crippen molar-refractivity contribution in [1.29, 1.82) is 0 Å². The lowest BCUT2D eigenvalue weighted by Gasteiger charge is -2.31. The maximum absolute atomic E-state index is 13.2. The van der Waals surface area contributed by atoms with Crippen LogP contribution in [0.15, 0.2) is 51.8 Å². The van der Waals surface area contributed by atoms with E-state index < -0.39 is 15.9 Å². The molecule has 1 unspecified atom stereocenters. The van der Waals surface area contributed by atoms with Gasteiger partial charge in [-0.25, -0.2) is 8.42 Å². The number of carbonyl (C=O) groups is 1. The van der Waals surface area contributed by atoms with Gasteiger partial charge in [0.05, 0.1) is 13.0 Å². The zero-order valence-electron chi connectivity index (χ0n) is 15.8. The van der Waals surface area contributed by atoms with Crippen LogP contribution >= 0.6 is 15.9 Å². The van der Waals surface area contributed by atoms with Crippen molar-refractivity contribution in [3.63, 3.8) is 0 Å². The molecule has 0 spiro atoms. The first-order valence-corrected chi connectivity index (χ1v) is 11.3. The molecule has 0 radical (unpaired) electrons. The van der Waals surface area contributed by atoms with Crippen molar-refractivity contribution in [2.75, 3.05) is 25.5 Å². The van der Waals surface area contributed by atoms with Gasteiger partial charge in [0.25, 0.3) is 0 Å². The molecule has 1 atom stereocenters. The Labute approximate surface area is 174 Å². The predicted molar refractivity (Wildman–Crippen MR) is 112 cm³/mol. The lowest BCUT2D eigenvalue weighted by molar-refractivity contribution is -0.120. The second-order valence-electron chi connectivity index (χ2n) is 6.85. The molecule has 1 aliphatic heterocycles. The van der Waals surface area contributed by atoms with Crippen molar-refractivity contribution in [1.82, 2.24) is 4.31 Å². The highest BCUT2D eigenvalue weighted by Gasteiger charge is 2.34. The molecular weight excluding hydrogens is 444 g/mol. The van der Waals surface area contributed by atoms with Crippen LogP contribution in [0, 0.1) is 12.8 Å². The molecule has 8 heteroatoms. The zero-order chi connectivity index (χ0) is 20.3. The van der Waals surface area contributed by atoms with E-state index in [1.165, 1.54) is 11.4 Å². The van der Waals surface area contributed by atoms with E-state index in [0.29, 0.717) is 30.8 Å². The number of benzene rings is 2. The highest BCUT2D eigenvalue weighted by molar-refractivity contribution is 9.10. The molecular formula is C20H23BrN2O4S. The van der Waals surface area contributed by atoms with Gasteiger partial charge in [-0.05, 0) is 61.7 Å². The number of anilines is 1. The van der Waals surface area contributed by atoms with Crippen LogP contribution in [-0.4, -0.2) is 38.8 Å². The second-order valence-corrected chi connectivity index (χ2v) is 9.67. The molecule has 2 aromatic rings. The molecule has 0 saturated carbocycles. The van der Waals surface area contributed by atoms with Gasteiger partial charge in [0.15, 0.2) is 0 Å². The lowest BCUT2D eigenvalue weighted by atomic mass is 9.99. The van der Waals surface area contributed by atoms with E-state index in [2.05, 4.69) is 21.2 Å². The Balaban J connectivity index is 1.78. The number of methoxy groups -OCH3 is 1. The van der Waals surface area contributed by atoms with Gasteiger partial charge in [0, 0.05) is 23.2 Å². The number of sulfonamides is 1. The third-order valence-corrected chi connectivity index (χ3v) is 7.22. The zero-order valence-corrected chi connectivity index (χ0v) is 18.2. The first kappa shape index (κ1) is 20.8. The Bertz CT molecular complexity index is 961. The maximum Gasteiger partial charge on any atom is 0.246 e. The summed E-state index contributed by atoms with van der Waals surface area (Å²) in [6, 6.07) is 12.4. The maximum atomic E-state index is 13.2. The Morgan fingerprint density at radius 1 is 1.21 bits per heavy atom. The van der Waals surface area contributed by atoms with Crippen molar-refractivity contribution in [2.24, 2.45) is 5.92 Å². The molecule has 0 aliphatic carbocycles. The molecule has 1 amide bonds. The summed E-state index contributed by atoms with van der Waals surface area (Å²) < 4.78 is 33.9. The number of nitrogens with one attached hydrogen (secondary N) is 1. The third kappa shape index (κ3) is 4.56. The number of ether oxygens (including phenoxy) is 1. The van der Waals surface area contributed by atoms with Crippen molar-refractivity contribution >= 4 is 37.5 Å². The first-order valence-electron chi connectivity index (χ1n) is 9.02. The molecule has 3 rings (SSSR count). The molecule has 28 heavy (non-hydrogen) atoms. The van der Waals surface area contributed by atoms with Crippen molar-refractivity contribution in [2.45, 2.75) is 24.7 Å². The van der Waals surface area contributed by atoms with E-state index in [1.54, 1.807) is 24.3 Å². The van der Waals surface area contributed by atoms with Gasteiger partial charge in [-0.2, -0.15) is 4.31 Å². The average molecular weight is 467 g/mol. The van der Waals surface area contributed by atoms with Crippen LogP contribution in [-0.2, 0) is 14.8 Å². The number of amides is 1. The summed E-state index contributed by atoms with van der Waals surface area (Å²) in [4.78, 5) is 12.8. The van der Waals surface area contributed by atoms with Gasteiger partial charge in [-0.1, -0.05) is 22.0 Å². The van der Waals surface area contributed by atoms with Crippen molar-refractivity contribution in [3.8, 4) is 5.75 Å². The van der Waals surface area contributed by atoms with Gasteiger partial charge in [-0.3, -0.25) is 4.79 Å². The minimum absolute atomic E-state index is 0.143. The number of halogens is 1. The lowest BCUT2D eigenvalue weighted by Crippen LogP contribution is -2.43. The molecule has 1 fully saturated rings. The number of nitrogens with zero attached hydrogens (tertiary/aromatic N) is 1. The van der Waals surface area contributed by atoms with Crippen LogP contribution in [0.2, 0.25) is 0 Å². The predicted octanol–water partition coefficient (Wildman–Crippen LogP) is 3.81. The van der Waals surface area contributed by atoms with Crippen molar-refractivity contribution in [3.05, 3.63) is 52.5 Å². The SMILES string of the molecule is COc1ccc(C)cc1S(=O)(=O)N1CCCC(C(=O)Nc2ccc(Br)cc2)C1. The summed E-state index contributed by atoms with van der Waals surface area (Å²) in [5.74, 6) is -0.256. The smallest absolute Gasteiger partial charge is 0.246 e. The number of piperidine rings is 1. The summed E-state index contributed by atoms with van der Waals surface area (Å²) >= 11 is 3.36. The molecule has 0 aromatic heterocycles. The molecule has 1 heterocycles. The topological polar surface area (TPSA) is 75.7 Å². The van der Waals surface area contributed by atoms with E-state index in [0.717, 1.165) is 10.0 Å². The van der Waals surface area contributed by atoms with E-state index in [1.807, 2.05) is 25.1 Å². The number of rotatable bonds is 5. The highest BCUT2D eigenvalue weighted by atomic mass is 79.9. The number of aryl methyl sites for hydroxylation is 1. The Hall–Kier alpha value is -1.90. The van der Waals surface area contributed by atoms with Gasteiger partial charge < -0.3 is 10.1 Å². The molecule has 150 valence electrons. The standard InChI is InChI=1S/C20H23BrN2O4S/c1-14-5-10-18(27-2)19(12-14)28(25,26)23-11-3-4-15(13-23)20(24)22-17-8-6-16(21)7-9-17/h5-10,12,15H,3-4,11,13H2,1-2H3,(H,22,24). The van der Waals surface area contributed by atoms with Crippen LogP contribution in [0.1, 0.15) is 18.4 Å². The Morgan fingerprint density at radius 2 is 1.93 bits per heavy atom. The second kappa shape index (κ2) is 8.63. The fourth-order valence-electron chi connectivity index (χ4n) is 3.28. The summed E-state index contributed by atoms with van der Waals surface area (Å²) in [5, 5.41) is 2.88. The van der Waals surface area contributed by atoms with Crippen LogP contribution < -0.4 is 10.1 Å². The van der Waals surface area contributed by atoms with Gasteiger partial charge in [0.2, 0.25) is 15.9 Å². The fourth-order valence-corrected chi connectivity index (χ4v) is 5.31. The van der Waals surface area contributed by atoms with Crippen LogP contribution in [0.5, 0.6) is 5.75 Å². The highest BCUT2D eigenvalue weighted by Crippen LogP contribution is 2.31. The molecule has 0 bridgehead atoms. The van der Waals surface area contributed by atoms with Crippen molar-refractivity contribution < 1.29 is 17.9 Å². The normalized spacial score (nSPS) is 17.9. The first-order chi connectivity index (χ1) is 13.3. The summed E-state index contributed by atoms with van der Waals surface area (Å²) in [6.07, 6.45) is 1.28. The third-order valence-electron chi connectivity index (χ3n) is 4.80. The molecule has 6 nitrogen and oxygen atoms in total. The van der Waals surface area contributed by atoms with Crippen LogP contribution in [0.25, 0.3) is 0 Å². The largest absolute Gasteiger partial charge is 0.495 e. The Morgan fingerprint density at radius 3 is 2.61 bits per heavy atom. The van der Waals surface area contributed by atoms with E-state index >= 15 is 0 Å². The number of carbonyl (C=O) groups excluding carboxylic acids is 1. The molecule has 2 aromatic carbocycles. The van der Waals surface area contributed by atoms with Gasteiger partial charge in [0.1, 0.15) is 10.6 Å². The van der Waals surface area contributed by atoms with Crippen LogP contribution in [0.3, 0.4) is 0 Å². The molecule has 1 N–H and O–H groups in total. The minimum atomic E-state index is -3.75. The van der Waals surface area contributed by atoms with Gasteiger partial charge in [-0.15, -0.1) is 0 Å². The summed E-state index contributed by atoms with van der Waals surface area (Å²) in [6.45, 7) is 2.38. The quantitative estimate of drug-likeness (QED) is 0.726.